The summed E-state index contributed by atoms with van der Waals surface area (Å²) in [5.41, 5.74) is 2.92. The van der Waals surface area contributed by atoms with E-state index in [1.165, 1.54) is 11.8 Å². The number of hydrogen-bond acceptors (Lipinski definition) is 4. The second-order valence-electron chi connectivity index (χ2n) is 6.64. The van der Waals surface area contributed by atoms with Crippen molar-refractivity contribution < 1.29 is 9.21 Å². The molecule has 3 heterocycles. The fourth-order valence-corrected chi connectivity index (χ4v) is 4.41. The molecule has 5 rings (SSSR count). The van der Waals surface area contributed by atoms with Crippen LogP contribution in [-0.2, 0) is 4.79 Å². The molecule has 1 aromatic heterocycles. The lowest BCUT2D eigenvalue weighted by molar-refractivity contribution is -0.114. The molecular weight excluding hydrogens is 462 g/mol. The van der Waals surface area contributed by atoms with Crippen molar-refractivity contribution in [2.45, 2.75) is 0 Å². The second kappa shape index (κ2) is 7.59. The number of furan rings is 1. The first kappa shape index (κ1) is 18.8. The van der Waals surface area contributed by atoms with Gasteiger partial charge in [0.25, 0.3) is 5.91 Å². The van der Waals surface area contributed by atoms with Crippen LogP contribution in [0.2, 0.25) is 0 Å². The predicted octanol–water partition coefficient (Wildman–Crippen LogP) is 6.01. The van der Waals surface area contributed by atoms with Gasteiger partial charge in [0.15, 0.2) is 5.17 Å². The van der Waals surface area contributed by atoms with Crippen molar-refractivity contribution in [1.82, 2.24) is 4.90 Å². The number of nitrogens with zero attached hydrogens (tertiary/aromatic N) is 2. The maximum atomic E-state index is 12.6. The lowest BCUT2D eigenvalue weighted by atomic mass is 10.1. The quantitative estimate of drug-likeness (QED) is 0.470. The van der Waals surface area contributed by atoms with Gasteiger partial charge in [-0.1, -0.05) is 70.2 Å². The number of fused-ring (bicyclic) bond motifs is 1. The Morgan fingerprint density at radius 2 is 1.77 bits per heavy atom. The number of hydrogen-bond donors (Lipinski definition) is 1. The largest absolute Gasteiger partial charge is 0.457 e. The van der Waals surface area contributed by atoms with Gasteiger partial charge in [-0.05, 0) is 35.9 Å². The lowest BCUT2D eigenvalue weighted by Gasteiger charge is -2.26. The van der Waals surface area contributed by atoms with Crippen LogP contribution in [0.15, 0.2) is 91.6 Å². The van der Waals surface area contributed by atoms with Crippen LogP contribution in [0, 0.1) is 5.41 Å². The lowest BCUT2D eigenvalue weighted by Crippen LogP contribution is -2.37. The van der Waals surface area contributed by atoms with E-state index in [0.29, 0.717) is 16.7 Å². The normalized spacial score (nSPS) is 17.2. The summed E-state index contributed by atoms with van der Waals surface area (Å²) in [6.07, 6.45) is 1.58. The summed E-state index contributed by atoms with van der Waals surface area (Å²) in [6.45, 7) is 0. The molecule has 0 unspecified atom stereocenters. The molecule has 2 aromatic carbocycles. The number of aliphatic imine (C=N–C) groups is 1. The predicted molar refractivity (Wildman–Crippen MR) is 124 cm³/mol. The molecule has 0 atom stereocenters. The van der Waals surface area contributed by atoms with Gasteiger partial charge in [-0.3, -0.25) is 15.1 Å². The zero-order chi connectivity index (χ0) is 20.7. The highest BCUT2D eigenvalue weighted by Gasteiger charge is 2.36. The van der Waals surface area contributed by atoms with E-state index in [2.05, 4.69) is 20.9 Å². The highest BCUT2D eigenvalue weighted by Crippen LogP contribution is 2.37. The third-order valence-electron chi connectivity index (χ3n) is 4.73. The maximum Gasteiger partial charge on any atom is 0.283 e. The molecular formula is C23H14BrN3O2S. The van der Waals surface area contributed by atoms with Crippen LogP contribution in [0.4, 0.5) is 0 Å². The summed E-state index contributed by atoms with van der Waals surface area (Å²) >= 11 is 4.77. The summed E-state index contributed by atoms with van der Waals surface area (Å²) in [5, 5.41) is 11.1. The number of carbonyl (C=O) groups excluding carboxylic acids is 1. The van der Waals surface area contributed by atoms with E-state index in [9.17, 15) is 4.79 Å². The Kier molecular flexibility index (Phi) is 4.77. The molecule has 30 heavy (non-hydrogen) atoms. The molecule has 0 fully saturated rings. The fourth-order valence-electron chi connectivity index (χ4n) is 3.26. The monoisotopic (exact) mass is 475 g/mol. The third-order valence-corrected chi connectivity index (χ3v) is 6.08. The molecule has 0 saturated carbocycles. The smallest absolute Gasteiger partial charge is 0.283 e. The molecule has 0 bridgehead atoms. The van der Waals surface area contributed by atoms with E-state index in [4.69, 9.17) is 9.83 Å². The summed E-state index contributed by atoms with van der Waals surface area (Å²) in [7, 11) is 0. The second-order valence-corrected chi connectivity index (χ2v) is 8.39. The van der Waals surface area contributed by atoms with Crippen molar-refractivity contribution in [3.05, 3.63) is 93.5 Å². The van der Waals surface area contributed by atoms with Crippen LogP contribution in [0.5, 0.6) is 0 Å². The van der Waals surface area contributed by atoms with Crippen LogP contribution >= 0.6 is 27.7 Å². The van der Waals surface area contributed by atoms with Crippen LogP contribution in [0.25, 0.3) is 23.1 Å². The van der Waals surface area contributed by atoms with Gasteiger partial charge in [-0.15, -0.1) is 0 Å². The van der Waals surface area contributed by atoms with Crippen molar-refractivity contribution in [1.29, 1.82) is 5.41 Å². The van der Waals surface area contributed by atoms with E-state index in [1.807, 2.05) is 66.1 Å². The minimum absolute atomic E-state index is 0.0895. The van der Waals surface area contributed by atoms with Gasteiger partial charge in [0.05, 0.1) is 11.3 Å². The molecule has 3 aromatic rings. The molecule has 0 saturated heterocycles. The van der Waals surface area contributed by atoms with Crippen molar-refractivity contribution in [2.24, 2.45) is 4.99 Å². The first-order valence-electron chi connectivity index (χ1n) is 9.12. The van der Waals surface area contributed by atoms with Crippen LogP contribution < -0.4 is 0 Å². The van der Waals surface area contributed by atoms with E-state index in [-0.39, 0.29) is 11.4 Å². The number of halogens is 1. The van der Waals surface area contributed by atoms with Gasteiger partial charge in [0.2, 0.25) is 0 Å². The Labute approximate surface area is 185 Å². The van der Waals surface area contributed by atoms with Crippen LogP contribution in [0.1, 0.15) is 11.3 Å². The molecule has 0 aliphatic carbocycles. The van der Waals surface area contributed by atoms with Gasteiger partial charge in [-0.25, -0.2) is 0 Å². The highest BCUT2D eigenvalue weighted by atomic mass is 79.9. The number of benzene rings is 2. The van der Waals surface area contributed by atoms with Gasteiger partial charge >= 0.3 is 0 Å². The molecule has 5 nitrogen and oxygen atoms in total. The van der Waals surface area contributed by atoms with Gasteiger partial charge in [0, 0.05) is 15.4 Å². The number of rotatable bonds is 3. The Hall–Kier alpha value is -3.16. The number of amidine groups is 2. The molecule has 146 valence electrons. The Morgan fingerprint density at radius 1 is 1.00 bits per heavy atom. The summed E-state index contributed by atoms with van der Waals surface area (Å²) in [4.78, 5) is 18.5. The van der Waals surface area contributed by atoms with Crippen molar-refractivity contribution >= 4 is 56.4 Å². The number of nitrogens with one attached hydrogen (secondary N) is 1. The van der Waals surface area contributed by atoms with E-state index >= 15 is 0 Å². The molecule has 1 amide bonds. The van der Waals surface area contributed by atoms with E-state index < -0.39 is 5.91 Å². The average molecular weight is 476 g/mol. The highest BCUT2D eigenvalue weighted by molar-refractivity contribution is 9.10. The van der Waals surface area contributed by atoms with Gasteiger partial charge < -0.3 is 4.42 Å². The van der Waals surface area contributed by atoms with Crippen molar-refractivity contribution in [2.75, 3.05) is 0 Å². The van der Waals surface area contributed by atoms with Gasteiger partial charge in [-0.2, -0.15) is 4.99 Å². The minimum Gasteiger partial charge on any atom is -0.457 e. The molecule has 7 heteroatoms. The van der Waals surface area contributed by atoms with Crippen molar-refractivity contribution in [3.8, 4) is 11.3 Å². The summed E-state index contributed by atoms with van der Waals surface area (Å²) < 4.78 is 6.89. The zero-order valence-electron chi connectivity index (χ0n) is 15.5. The Bertz CT molecular complexity index is 1260. The van der Waals surface area contributed by atoms with Crippen LogP contribution in [-0.4, -0.2) is 21.8 Å². The standard InChI is InChI=1S/C23H14BrN3O2S/c24-16-8-6-15(7-9-16)20-11-10-17(29-20)12-18-21(25)27-19(14-4-2-1-3-5-14)13-30-23(27)26-22(18)28/h1-13,25H. The third kappa shape index (κ3) is 3.36. The van der Waals surface area contributed by atoms with E-state index in [0.717, 1.165) is 21.3 Å². The first-order valence-corrected chi connectivity index (χ1v) is 10.8. The molecule has 1 N–H and O–H groups in total. The van der Waals surface area contributed by atoms with Crippen LogP contribution in [0.3, 0.4) is 0 Å². The maximum absolute atomic E-state index is 12.6. The molecule has 2 aliphatic rings. The number of carbonyl (C=O) groups is 1. The SMILES string of the molecule is N=C1C(=Cc2ccc(-c3ccc(Br)cc3)o2)C(=O)N=C2SC=C(c3ccccc3)N12. The summed E-state index contributed by atoms with van der Waals surface area (Å²) in [6, 6.07) is 21.2. The van der Waals surface area contributed by atoms with Gasteiger partial charge in [0.1, 0.15) is 17.4 Å². The average Bonchev–Trinajstić information content (AvgIpc) is 3.39. The first-order chi connectivity index (χ1) is 14.6. The fraction of sp³-hybridized carbons (Fsp3) is 0. The zero-order valence-corrected chi connectivity index (χ0v) is 17.9. The van der Waals surface area contributed by atoms with E-state index in [1.54, 1.807) is 17.0 Å². The molecule has 0 spiro atoms. The number of amides is 1. The summed E-state index contributed by atoms with van der Waals surface area (Å²) in [5.74, 6) is 0.835. The number of thioether (sulfide) groups is 1. The minimum atomic E-state index is -0.442. The van der Waals surface area contributed by atoms with Crippen molar-refractivity contribution in [3.63, 3.8) is 0 Å². The molecule has 2 aliphatic heterocycles. The Balaban J connectivity index is 1.48. The Morgan fingerprint density at radius 3 is 2.53 bits per heavy atom. The topological polar surface area (TPSA) is 69.7 Å². The molecule has 0 radical (unpaired) electrons.